The van der Waals surface area contributed by atoms with E-state index in [4.69, 9.17) is 0 Å². The van der Waals surface area contributed by atoms with Crippen LogP contribution in [0.3, 0.4) is 0 Å². The van der Waals surface area contributed by atoms with Crippen molar-refractivity contribution in [1.29, 1.82) is 0 Å². The monoisotopic (exact) mass is 212 g/mol. The van der Waals surface area contributed by atoms with Gasteiger partial charge in [-0.3, -0.25) is 9.48 Å². The number of aliphatic hydroxyl groups is 1. The van der Waals surface area contributed by atoms with Crippen LogP contribution in [-0.2, 0) is 16.1 Å². The second-order valence-electron chi connectivity index (χ2n) is 3.26. The van der Waals surface area contributed by atoms with Crippen LogP contribution in [0.5, 0.6) is 0 Å². The quantitative estimate of drug-likeness (QED) is 0.736. The summed E-state index contributed by atoms with van der Waals surface area (Å²) < 4.78 is 6.22. The number of carbonyl (C=O) groups excluding carboxylic acids is 1. The van der Waals surface area contributed by atoms with Crippen LogP contribution in [0.4, 0.5) is 0 Å². The Morgan fingerprint density at radius 1 is 1.73 bits per heavy atom. The molecule has 0 aliphatic carbocycles. The highest BCUT2D eigenvalue weighted by Gasteiger charge is 2.12. The molecule has 1 heterocycles. The second-order valence-corrected chi connectivity index (χ2v) is 3.26. The first kappa shape index (κ1) is 11.7. The summed E-state index contributed by atoms with van der Waals surface area (Å²) in [6.07, 6.45) is 3.33. The van der Waals surface area contributed by atoms with Gasteiger partial charge in [0, 0.05) is 24.7 Å². The Labute approximate surface area is 88.7 Å². The van der Waals surface area contributed by atoms with Crippen molar-refractivity contribution in [3.05, 3.63) is 18.0 Å². The van der Waals surface area contributed by atoms with Crippen molar-refractivity contribution in [1.82, 2.24) is 9.78 Å². The Bertz CT molecular complexity index is 322. The first-order chi connectivity index (χ1) is 7.17. The minimum Gasteiger partial charge on any atom is -0.469 e. The zero-order valence-corrected chi connectivity index (χ0v) is 9.01. The minimum atomic E-state index is -0.649. The first-order valence-electron chi connectivity index (χ1n) is 4.94. The van der Waals surface area contributed by atoms with E-state index in [2.05, 4.69) is 9.84 Å². The number of nitrogens with zero attached hydrogens (tertiary/aromatic N) is 2. The number of esters is 1. The summed E-state index contributed by atoms with van der Waals surface area (Å²) in [5.74, 6) is -0.308. The molecule has 0 aliphatic heterocycles. The summed E-state index contributed by atoms with van der Waals surface area (Å²) in [5.41, 5.74) is 0.737. The lowest BCUT2D eigenvalue weighted by molar-refractivity contribution is -0.141. The van der Waals surface area contributed by atoms with Crippen molar-refractivity contribution < 1.29 is 14.6 Å². The van der Waals surface area contributed by atoms with Gasteiger partial charge >= 0.3 is 5.97 Å². The average molecular weight is 212 g/mol. The second kappa shape index (κ2) is 5.50. The Balaban J connectivity index is 2.46. The van der Waals surface area contributed by atoms with Gasteiger partial charge in [0.05, 0.1) is 19.4 Å². The lowest BCUT2D eigenvalue weighted by Gasteiger charge is -2.06. The van der Waals surface area contributed by atoms with Crippen LogP contribution in [0.25, 0.3) is 0 Å². The summed E-state index contributed by atoms with van der Waals surface area (Å²) >= 11 is 0. The lowest BCUT2D eigenvalue weighted by Crippen LogP contribution is -2.04. The molecule has 1 aromatic rings. The lowest BCUT2D eigenvalue weighted by atomic mass is 10.1. The van der Waals surface area contributed by atoms with Crippen LogP contribution in [0.15, 0.2) is 12.4 Å². The van der Waals surface area contributed by atoms with Crippen molar-refractivity contribution in [3.63, 3.8) is 0 Å². The molecule has 5 nitrogen and oxygen atoms in total. The number of hydrogen-bond donors (Lipinski definition) is 1. The maximum Gasteiger partial charge on any atom is 0.305 e. The van der Waals surface area contributed by atoms with E-state index in [1.807, 2.05) is 6.92 Å². The van der Waals surface area contributed by atoms with E-state index in [9.17, 15) is 9.90 Å². The zero-order valence-electron chi connectivity index (χ0n) is 9.01. The molecule has 1 atom stereocenters. The molecule has 0 saturated heterocycles. The predicted molar refractivity (Wildman–Crippen MR) is 54.1 cm³/mol. The molecule has 0 aliphatic rings. The van der Waals surface area contributed by atoms with E-state index in [-0.39, 0.29) is 12.4 Å². The smallest absolute Gasteiger partial charge is 0.305 e. The van der Waals surface area contributed by atoms with Crippen molar-refractivity contribution in [3.8, 4) is 0 Å². The maximum absolute atomic E-state index is 10.9. The van der Waals surface area contributed by atoms with Crippen LogP contribution in [0.1, 0.15) is 31.4 Å². The number of aliphatic hydroxyl groups excluding tert-OH is 1. The van der Waals surface area contributed by atoms with Crippen LogP contribution in [0, 0.1) is 0 Å². The van der Waals surface area contributed by atoms with Gasteiger partial charge in [-0.2, -0.15) is 5.10 Å². The predicted octanol–water partition coefficient (Wildman–Crippen LogP) is 0.890. The average Bonchev–Trinajstić information content (AvgIpc) is 2.73. The van der Waals surface area contributed by atoms with Gasteiger partial charge in [-0.1, -0.05) is 0 Å². The SMILES string of the molecule is CCn1cc(C(O)CCC(=O)OC)cn1. The van der Waals surface area contributed by atoms with Gasteiger partial charge in [0.2, 0.25) is 0 Å². The first-order valence-corrected chi connectivity index (χ1v) is 4.94. The molecule has 1 rings (SSSR count). The van der Waals surface area contributed by atoms with E-state index in [0.29, 0.717) is 6.42 Å². The van der Waals surface area contributed by atoms with Crippen molar-refractivity contribution in [2.24, 2.45) is 0 Å². The number of methoxy groups -OCH3 is 1. The summed E-state index contributed by atoms with van der Waals surface area (Å²) in [6, 6.07) is 0. The summed E-state index contributed by atoms with van der Waals surface area (Å²) in [5, 5.41) is 13.8. The maximum atomic E-state index is 10.9. The van der Waals surface area contributed by atoms with Gasteiger partial charge in [-0.15, -0.1) is 0 Å². The summed E-state index contributed by atoms with van der Waals surface area (Å²) in [6.45, 7) is 2.74. The molecule has 1 unspecified atom stereocenters. The Morgan fingerprint density at radius 2 is 2.47 bits per heavy atom. The molecule has 0 aromatic carbocycles. The van der Waals surface area contributed by atoms with E-state index < -0.39 is 6.10 Å². The normalized spacial score (nSPS) is 12.5. The number of ether oxygens (including phenoxy) is 1. The van der Waals surface area contributed by atoms with Crippen molar-refractivity contribution in [2.75, 3.05) is 7.11 Å². The highest BCUT2D eigenvalue weighted by Crippen LogP contribution is 2.17. The van der Waals surface area contributed by atoms with Gasteiger partial charge in [0.25, 0.3) is 0 Å². The van der Waals surface area contributed by atoms with Crippen LogP contribution in [-0.4, -0.2) is 28.0 Å². The number of aryl methyl sites for hydroxylation is 1. The van der Waals surface area contributed by atoms with E-state index in [1.54, 1.807) is 17.1 Å². The van der Waals surface area contributed by atoms with Crippen LogP contribution in [0.2, 0.25) is 0 Å². The van der Waals surface area contributed by atoms with E-state index >= 15 is 0 Å². The highest BCUT2D eigenvalue weighted by molar-refractivity contribution is 5.69. The van der Waals surface area contributed by atoms with Gasteiger partial charge < -0.3 is 9.84 Å². The molecule has 15 heavy (non-hydrogen) atoms. The van der Waals surface area contributed by atoms with Gasteiger partial charge in [0.1, 0.15) is 0 Å². The fraction of sp³-hybridized carbons (Fsp3) is 0.600. The molecule has 1 N–H and O–H groups in total. The third-order valence-electron chi connectivity index (χ3n) is 2.21. The molecule has 0 fully saturated rings. The number of carbonyl (C=O) groups is 1. The van der Waals surface area contributed by atoms with Crippen LogP contribution >= 0.6 is 0 Å². The molecule has 5 heteroatoms. The third-order valence-corrected chi connectivity index (χ3v) is 2.21. The summed E-state index contributed by atoms with van der Waals surface area (Å²) in [7, 11) is 1.34. The Kier molecular flexibility index (Phi) is 4.30. The standard InChI is InChI=1S/C10H16N2O3/c1-3-12-7-8(6-11-12)9(13)4-5-10(14)15-2/h6-7,9,13H,3-5H2,1-2H3. The number of hydrogen-bond acceptors (Lipinski definition) is 4. The van der Waals surface area contributed by atoms with Crippen LogP contribution < -0.4 is 0 Å². The zero-order chi connectivity index (χ0) is 11.3. The fourth-order valence-electron chi connectivity index (χ4n) is 1.25. The highest BCUT2D eigenvalue weighted by atomic mass is 16.5. The van der Waals surface area contributed by atoms with Gasteiger partial charge in [-0.05, 0) is 13.3 Å². The van der Waals surface area contributed by atoms with Crippen molar-refractivity contribution in [2.45, 2.75) is 32.4 Å². The molecule has 1 aromatic heterocycles. The number of aromatic nitrogens is 2. The number of rotatable bonds is 5. The largest absolute Gasteiger partial charge is 0.469 e. The topological polar surface area (TPSA) is 64.4 Å². The summed E-state index contributed by atoms with van der Waals surface area (Å²) in [4.78, 5) is 10.9. The Hall–Kier alpha value is -1.36. The fourth-order valence-corrected chi connectivity index (χ4v) is 1.25. The molecular weight excluding hydrogens is 196 g/mol. The van der Waals surface area contributed by atoms with Crippen molar-refractivity contribution >= 4 is 5.97 Å². The van der Waals surface area contributed by atoms with Gasteiger partial charge in [0.15, 0.2) is 0 Å². The minimum absolute atomic E-state index is 0.217. The molecule has 0 amide bonds. The van der Waals surface area contributed by atoms with E-state index in [0.717, 1.165) is 12.1 Å². The molecule has 84 valence electrons. The molecule has 0 radical (unpaired) electrons. The molecular formula is C10H16N2O3. The molecule has 0 bridgehead atoms. The molecule has 0 saturated carbocycles. The van der Waals surface area contributed by atoms with E-state index in [1.165, 1.54) is 7.11 Å². The van der Waals surface area contributed by atoms with Gasteiger partial charge in [-0.25, -0.2) is 0 Å². The molecule has 0 spiro atoms. The third kappa shape index (κ3) is 3.36. The Morgan fingerprint density at radius 3 is 3.00 bits per heavy atom.